The van der Waals surface area contributed by atoms with Crippen molar-refractivity contribution in [2.75, 3.05) is 39.9 Å². The molecule has 3 aliphatic rings. The summed E-state index contributed by atoms with van der Waals surface area (Å²) < 4.78 is 15.8. The van der Waals surface area contributed by atoms with Gasteiger partial charge in [0.05, 0.1) is 17.0 Å². The number of ketones is 2. The van der Waals surface area contributed by atoms with Gasteiger partial charge >= 0.3 is 6.16 Å². The monoisotopic (exact) mass is 398 g/mol. The van der Waals surface area contributed by atoms with Gasteiger partial charge in [-0.05, 0) is 19.1 Å². The summed E-state index contributed by atoms with van der Waals surface area (Å²) in [6.07, 6.45) is -1.77. The maximum Gasteiger partial charge on any atom is 0.513 e. The molecule has 0 bridgehead atoms. The third-order valence-electron chi connectivity index (χ3n) is 5.06. The van der Waals surface area contributed by atoms with Crippen molar-refractivity contribution in [1.82, 2.24) is 9.80 Å². The Morgan fingerprint density at radius 3 is 2.21 bits per heavy atom. The number of Topliss-reactive ketones (excluding diaryl/α,β-unsaturated/α-hetero) is 2. The molecule has 2 aliphatic heterocycles. The summed E-state index contributed by atoms with van der Waals surface area (Å²) in [6.45, 7) is 4.35. The van der Waals surface area contributed by atoms with Crippen LogP contribution in [0.1, 0.15) is 6.92 Å². The van der Waals surface area contributed by atoms with Crippen molar-refractivity contribution in [3.8, 4) is 5.75 Å². The highest BCUT2D eigenvalue weighted by molar-refractivity contribution is 6.25. The van der Waals surface area contributed by atoms with Gasteiger partial charge < -0.3 is 24.0 Å². The molecule has 2 heterocycles. The Kier molecular flexibility index (Phi) is 5.10. The molecule has 29 heavy (non-hydrogen) atoms. The fraction of sp³-hybridized carbons (Fsp3) is 0.381. The summed E-state index contributed by atoms with van der Waals surface area (Å²) >= 11 is 0. The Labute approximate surface area is 168 Å². The highest BCUT2D eigenvalue weighted by Crippen LogP contribution is 2.35. The molecule has 1 unspecified atom stereocenters. The third kappa shape index (κ3) is 3.88. The van der Waals surface area contributed by atoms with Crippen LogP contribution in [0.15, 0.2) is 52.9 Å². The van der Waals surface area contributed by atoms with Crippen LogP contribution in [0.2, 0.25) is 0 Å². The number of rotatable bonds is 7. The zero-order valence-electron chi connectivity index (χ0n) is 16.3. The lowest BCUT2D eigenvalue weighted by atomic mass is 9.88. The van der Waals surface area contributed by atoms with Gasteiger partial charge in [-0.25, -0.2) is 4.79 Å². The molecule has 1 aromatic carbocycles. The molecular formula is C21H22N2O6. The highest BCUT2D eigenvalue weighted by atomic mass is 16.7. The van der Waals surface area contributed by atoms with Crippen molar-refractivity contribution in [1.29, 1.82) is 0 Å². The van der Waals surface area contributed by atoms with Crippen LogP contribution in [0.4, 0.5) is 4.79 Å². The molecule has 8 nitrogen and oxygen atoms in total. The zero-order chi connectivity index (χ0) is 20.5. The molecule has 0 N–H and O–H groups in total. The van der Waals surface area contributed by atoms with Gasteiger partial charge in [-0.3, -0.25) is 9.59 Å². The number of allylic oxidation sites excluding steroid dienone is 2. The van der Waals surface area contributed by atoms with Crippen LogP contribution in [0.5, 0.6) is 5.75 Å². The van der Waals surface area contributed by atoms with E-state index in [0.717, 1.165) is 13.1 Å². The second kappa shape index (κ2) is 7.71. The predicted octanol–water partition coefficient (Wildman–Crippen LogP) is 1.53. The van der Waals surface area contributed by atoms with E-state index >= 15 is 0 Å². The summed E-state index contributed by atoms with van der Waals surface area (Å²) in [5.74, 6) is -0.0666. The minimum absolute atomic E-state index is 0.173. The molecule has 152 valence electrons. The van der Waals surface area contributed by atoms with E-state index in [1.807, 2.05) is 9.80 Å². The van der Waals surface area contributed by atoms with E-state index in [1.165, 1.54) is 7.11 Å². The predicted molar refractivity (Wildman–Crippen MR) is 102 cm³/mol. The second-order valence-electron chi connectivity index (χ2n) is 7.07. The molecule has 0 radical (unpaired) electrons. The summed E-state index contributed by atoms with van der Waals surface area (Å²) in [6, 6.07) is 8.52. The van der Waals surface area contributed by atoms with E-state index < -0.39 is 12.3 Å². The first-order valence-electron chi connectivity index (χ1n) is 9.48. The van der Waals surface area contributed by atoms with Crippen molar-refractivity contribution in [3.05, 3.63) is 52.9 Å². The number of nitrogens with zero attached hydrogens (tertiary/aromatic N) is 2. The van der Waals surface area contributed by atoms with Gasteiger partial charge in [-0.15, -0.1) is 0 Å². The van der Waals surface area contributed by atoms with Crippen molar-refractivity contribution in [3.63, 3.8) is 0 Å². The Morgan fingerprint density at radius 2 is 1.62 bits per heavy atom. The standard InChI is InChI=1S/C21H22N2O6/c1-13-17(22-8-9-22)20(25)16(18(19(13)24)23-10-11-23)15(27-2)12-28-21(26)29-14-6-4-3-5-7-14/h3-7,15H,8-12H2,1-2H3. The average Bonchev–Trinajstić information content (AvgIpc) is 3.61. The van der Waals surface area contributed by atoms with Gasteiger partial charge in [0.25, 0.3) is 0 Å². The fourth-order valence-electron chi connectivity index (χ4n) is 3.38. The summed E-state index contributed by atoms with van der Waals surface area (Å²) in [4.78, 5) is 42.0. The Balaban J connectivity index is 1.53. The molecule has 0 spiro atoms. The van der Waals surface area contributed by atoms with Gasteiger partial charge in [0.1, 0.15) is 18.5 Å². The fourth-order valence-corrected chi connectivity index (χ4v) is 3.38. The van der Waals surface area contributed by atoms with Crippen LogP contribution >= 0.6 is 0 Å². The lowest BCUT2D eigenvalue weighted by Gasteiger charge is -2.27. The normalized spacial score (nSPS) is 19.5. The number of hydrogen-bond donors (Lipinski definition) is 0. The lowest BCUT2D eigenvalue weighted by molar-refractivity contribution is -0.119. The highest BCUT2D eigenvalue weighted by Gasteiger charge is 2.44. The van der Waals surface area contributed by atoms with Crippen LogP contribution in [0.25, 0.3) is 0 Å². The Hall–Kier alpha value is -3.13. The molecule has 1 atom stereocenters. The van der Waals surface area contributed by atoms with Crippen LogP contribution in [-0.2, 0) is 19.1 Å². The number of benzene rings is 1. The van der Waals surface area contributed by atoms with Gasteiger partial charge in [0.2, 0.25) is 11.6 Å². The molecule has 2 fully saturated rings. The van der Waals surface area contributed by atoms with Crippen molar-refractivity contribution in [2.24, 2.45) is 0 Å². The maximum atomic E-state index is 13.3. The quantitative estimate of drug-likeness (QED) is 0.296. The number of methoxy groups -OCH3 is 1. The van der Waals surface area contributed by atoms with E-state index in [9.17, 15) is 14.4 Å². The van der Waals surface area contributed by atoms with Crippen molar-refractivity contribution < 1.29 is 28.6 Å². The molecule has 2 saturated heterocycles. The molecule has 4 rings (SSSR count). The van der Waals surface area contributed by atoms with Crippen molar-refractivity contribution in [2.45, 2.75) is 13.0 Å². The number of carbonyl (C=O) groups is 3. The molecule has 0 saturated carbocycles. The Bertz CT molecular complexity index is 912. The third-order valence-corrected chi connectivity index (χ3v) is 5.06. The summed E-state index contributed by atoms with van der Waals surface area (Å²) in [5, 5.41) is 0. The van der Waals surface area contributed by atoms with Crippen molar-refractivity contribution >= 4 is 17.7 Å². The molecule has 0 amide bonds. The van der Waals surface area contributed by atoms with E-state index in [-0.39, 0.29) is 23.7 Å². The second-order valence-corrected chi connectivity index (χ2v) is 7.07. The van der Waals surface area contributed by atoms with Gasteiger partial charge in [0.15, 0.2) is 0 Å². The first-order valence-corrected chi connectivity index (χ1v) is 9.48. The van der Waals surface area contributed by atoms with Gasteiger partial charge in [-0.2, -0.15) is 0 Å². The maximum absolute atomic E-state index is 13.3. The lowest BCUT2D eigenvalue weighted by Crippen LogP contribution is -2.37. The average molecular weight is 398 g/mol. The van der Waals surface area contributed by atoms with E-state index in [2.05, 4.69) is 0 Å². The zero-order valence-corrected chi connectivity index (χ0v) is 16.3. The first-order chi connectivity index (χ1) is 14.0. The molecular weight excluding hydrogens is 376 g/mol. The Morgan fingerprint density at radius 1 is 1.00 bits per heavy atom. The first kappa shape index (κ1) is 19.2. The smallest absolute Gasteiger partial charge is 0.431 e. The van der Waals surface area contributed by atoms with E-state index in [1.54, 1.807) is 37.3 Å². The van der Waals surface area contributed by atoms with E-state index in [0.29, 0.717) is 35.8 Å². The molecule has 8 heteroatoms. The largest absolute Gasteiger partial charge is 0.513 e. The minimum Gasteiger partial charge on any atom is -0.431 e. The van der Waals surface area contributed by atoms with Gasteiger partial charge in [-0.1, -0.05) is 18.2 Å². The van der Waals surface area contributed by atoms with Crippen LogP contribution in [0.3, 0.4) is 0 Å². The topological polar surface area (TPSA) is 84.9 Å². The number of ether oxygens (including phenoxy) is 3. The SMILES string of the molecule is COC(COC(=O)Oc1ccccc1)C1=C(N2CC2)C(=O)C(C)=C(N2CC2)C1=O. The number of hydrogen-bond acceptors (Lipinski definition) is 8. The number of para-hydroxylation sites is 1. The number of carbonyl (C=O) groups excluding carboxylic acids is 3. The molecule has 1 aromatic rings. The van der Waals surface area contributed by atoms with Crippen LogP contribution < -0.4 is 4.74 Å². The van der Waals surface area contributed by atoms with Gasteiger partial charge in [0, 0.05) is 38.9 Å². The van der Waals surface area contributed by atoms with Crippen LogP contribution in [-0.4, -0.2) is 73.5 Å². The molecule has 1 aliphatic carbocycles. The van der Waals surface area contributed by atoms with E-state index in [4.69, 9.17) is 14.2 Å². The minimum atomic E-state index is -0.903. The summed E-state index contributed by atoms with van der Waals surface area (Å²) in [5.41, 5.74) is 1.47. The van der Waals surface area contributed by atoms with Crippen LogP contribution in [0, 0.1) is 0 Å². The summed E-state index contributed by atoms with van der Waals surface area (Å²) in [7, 11) is 1.42. The molecule has 0 aromatic heterocycles.